The summed E-state index contributed by atoms with van der Waals surface area (Å²) in [5.41, 5.74) is 2.71. The monoisotopic (exact) mass is 208 g/mol. The predicted octanol–water partition coefficient (Wildman–Crippen LogP) is 4.70. The van der Waals surface area contributed by atoms with E-state index in [0.717, 1.165) is 10.9 Å². The van der Waals surface area contributed by atoms with Crippen LogP contribution in [0.1, 0.15) is 49.1 Å². The molecule has 0 amide bonds. The second-order valence-electron chi connectivity index (χ2n) is 4.34. The van der Waals surface area contributed by atoms with Crippen LogP contribution in [0.4, 0.5) is 0 Å². The smallest absolute Gasteiger partial charge is 0.0435 e. The van der Waals surface area contributed by atoms with Crippen molar-refractivity contribution in [2.75, 3.05) is 0 Å². The largest absolute Gasteiger partial charge is 0.0841 e. The lowest BCUT2D eigenvalue weighted by atomic mass is 9.84. The number of hydrogen-bond donors (Lipinski definition) is 0. The Morgan fingerprint density at radius 1 is 1.14 bits per heavy atom. The summed E-state index contributed by atoms with van der Waals surface area (Å²) >= 11 is 6.02. The van der Waals surface area contributed by atoms with Crippen LogP contribution in [-0.2, 0) is 0 Å². The van der Waals surface area contributed by atoms with Gasteiger partial charge in [-0.2, -0.15) is 0 Å². The van der Waals surface area contributed by atoms with Gasteiger partial charge in [0.25, 0.3) is 0 Å². The maximum Gasteiger partial charge on any atom is 0.0435 e. The molecule has 0 atom stereocenters. The molecule has 1 heteroatoms. The summed E-state index contributed by atoms with van der Waals surface area (Å²) in [6, 6.07) is 6.50. The fraction of sp³-hybridized carbons (Fsp3) is 0.538. The van der Waals surface area contributed by atoms with Gasteiger partial charge in [-0.1, -0.05) is 43.0 Å². The minimum Gasteiger partial charge on any atom is -0.0841 e. The highest BCUT2D eigenvalue weighted by Gasteiger charge is 2.15. The summed E-state index contributed by atoms with van der Waals surface area (Å²) in [4.78, 5) is 0. The normalized spacial score (nSPS) is 18.4. The maximum atomic E-state index is 6.02. The lowest BCUT2D eigenvalue weighted by Crippen LogP contribution is -2.04. The second kappa shape index (κ2) is 4.35. The van der Waals surface area contributed by atoms with E-state index in [1.807, 2.05) is 6.07 Å². The molecule has 1 aromatic carbocycles. The Morgan fingerprint density at radius 2 is 1.86 bits per heavy atom. The summed E-state index contributed by atoms with van der Waals surface area (Å²) in [7, 11) is 0. The van der Waals surface area contributed by atoms with E-state index in [9.17, 15) is 0 Å². The number of halogens is 1. The molecule has 0 aliphatic heterocycles. The van der Waals surface area contributed by atoms with Crippen LogP contribution < -0.4 is 0 Å². The average molecular weight is 209 g/mol. The molecular weight excluding hydrogens is 192 g/mol. The standard InChI is InChI=1S/C13H17Cl/c1-10-9-12(7-8-13(10)14)11-5-3-2-4-6-11/h7-9,11H,2-6H2,1H3. The van der Waals surface area contributed by atoms with Crippen molar-refractivity contribution in [2.45, 2.75) is 44.9 Å². The minimum absolute atomic E-state index is 0.791. The van der Waals surface area contributed by atoms with Crippen LogP contribution in [0.15, 0.2) is 18.2 Å². The van der Waals surface area contributed by atoms with Gasteiger partial charge in [0.15, 0.2) is 0 Å². The van der Waals surface area contributed by atoms with Crippen LogP contribution in [0.5, 0.6) is 0 Å². The van der Waals surface area contributed by atoms with Gasteiger partial charge in [0, 0.05) is 5.02 Å². The lowest BCUT2D eigenvalue weighted by Gasteiger charge is -2.22. The summed E-state index contributed by atoms with van der Waals surface area (Å²) < 4.78 is 0. The molecule has 0 bridgehead atoms. The molecule has 76 valence electrons. The first-order chi connectivity index (χ1) is 6.77. The van der Waals surface area contributed by atoms with Crippen molar-refractivity contribution in [1.82, 2.24) is 0 Å². The third-order valence-electron chi connectivity index (χ3n) is 3.26. The molecule has 1 aliphatic carbocycles. The molecule has 0 unspecified atom stereocenters. The molecule has 0 N–H and O–H groups in total. The number of rotatable bonds is 1. The lowest BCUT2D eigenvalue weighted by molar-refractivity contribution is 0.443. The van der Waals surface area contributed by atoms with Crippen molar-refractivity contribution in [3.05, 3.63) is 34.3 Å². The van der Waals surface area contributed by atoms with Gasteiger partial charge in [-0.15, -0.1) is 0 Å². The highest BCUT2D eigenvalue weighted by molar-refractivity contribution is 6.31. The van der Waals surface area contributed by atoms with E-state index in [1.54, 1.807) is 0 Å². The van der Waals surface area contributed by atoms with Crippen LogP contribution in [0.2, 0.25) is 5.02 Å². The molecule has 1 fully saturated rings. The molecule has 0 nitrogen and oxygen atoms in total. The van der Waals surface area contributed by atoms with Crippen molar-refractivity contribution >= 4 is 11.6 Å². The Labute approximate surface area is 91.3 Å². The third-order valence-corrected chi connectivity index (χ3v) is 3.68. The molecule has 0 spiro atoms. The number of hydrogen-bond acceptors (Lipinski definition) is 0. The van der Waals surface area contributed by atoms with Gasteiger partial charge < -0.3 is 0 Å². The summed E-state index contributed by atoms with van der Waals surface area (Å²) in [5.74, 6) is 0.791. The van der Waals surface area contributed by atoms with Gasteiger partial charge in [-0.3, -0.25) is 0 Å². The first kappa shape index (κ1) is 10.0. The average Bonchev–Trinajstić information content (AvgIpc) is 2.23. The SMILES string of the molecule is Cc1cc(C2CCCCC2)ccc1Cl. The van der Waals surface area contributed by atoms with Crippen molar-refractivity contribution < 1.29 is 0 Å². The quantitative estimate of drug-likeness (QED) is 0.628. The van der Waals surface area contributed by atoms with E-state index in [4.69, 9.17) is 11.6 Å². The first-order valence-corrected chi connectivity index (χ1v) is 5.91. The Kier molecular flexibility index (Phi) is 3.12. The van der Waals surface area contributed by atoms with Crippen molar-refractivity contribution in [3.63, 3.8) is 0 Å². The molecule has 1 aliphatic rings. The van der Waals surface area contributed by atoms with Crippen molar-refractivity contribution in [2.24, 2.45) is 0 Å². The van der Waals surface area contributed by atoms with Crippen LogP contribution in [-0.4, -0.2) is 0 Å². The molecule has 0 heterocycles. The van der Waals surface area contributed by atoms with E-state index in [2.05, 4.69) is 19.1 Å². The van der Waals surface area contributed by atoms with Crippen molar-refractivity contribution in [3.8, 4) is 0 Å². The Morgan fingerprint density at radius 3 is 2.50 bits per heavy atom. The summed E-state index contributed by atoms with van der Waals surface area (Å²) in [5, 5.41) is 0.893. The fourth-order valence-electron chi connectivity index (χ4n) is 2.36. The fourth-order valence-corrected chi connectivity index (χ4v) is 2.48. The third kappa shape index (κ3) is 2.12. The molecule has 0 aromatic heterocycles. The predicted molar refractivity (Wildman–Crippen MR) is 62.0 cm³/mol. The number of benzene rings is 1. The zero-order valence-corrected chi connectivity index (χ0v) is 9.48. The zero-order chi connectivity index (χ0) is 9.97. The Bertz CT molecular complexity index is 311. The molecule has 0 saturated heterocycles. The van der Waals surface area contributed by atoms with E-state index in [-0.39, 0.29) is 0 Å². The number of aryl methyl sites for hydroxylation is 1. The van der Waals surface area contributed by atoms with Gasteiger partial charge in [0.1, 0.15) is 0 Å². The van der Waals surface area contributed by atoms with Gasteiger partial charge >= 0.3 is 0 Å². The van der Waals surface area contributed by atoms with E-state index >= 15 is 0 Å². The maximum absolute atomic E-state index is 6.02. The second-order valence-corrected chi connectivity index (χ2v) is 4.75. The van der Waals surface area contributed by atoms with Crippen LogP contribution in [0.25, 0.3) is 0 Å². The molecule has 2 rings (SSSR count). The minimum atomic E-state index is 0.791. The molecule has 1 saturated carbocycles. The van der Waals surface area contributed by atoms with Gasteiger partial charge in [0.05, 0.1) is 0 Å². The zero-order valence-electron chi connectivity index (χ0n) is 8.72. The van der Waals surface area contributed by atoms with Crippen LogP contribution in [0.3, 0.4) is 0 Å². The van der Waals surface area contributed by atoms with Gasteiger partial charge in [-0.05, 0) is 42.9 Å². The molecule has 14 heavy (non-hydrogen) atoms. The van der Waals surface area contributed by atoms with Crippen LogP contribution in [0, 0.1) is 6.92 Å². The van der Waals surface area contributed by atoms with E-state index < -0.39 is 0 Å². The topological polar surface area (TPSA) is 0 Å². The Hall–Kier alpha value is -0.490. The highest BCUT2D eigenvalue weighted by Crippen LogP contribution is 2.33. The molecule has 1 aromatic rings. The van der Waals surface area contributed by atoms with Crippen molar-refractivity contribution in [1.29, 1.82) is 0 Å². The molecule has 0 radical (unpaired) electrons. The summed E-state index contributed by atoms with van der Waals surface area (Å²) in [6.07, 6.45) is 6.93. The molecular formula is C13H17Cl. The van der Waals surface area contributed by atoms with Crippen LogP contribution >= 0.6 is 11.6 Å². The highest BCUT2D eigenvalue weighted by atomic mass is 35.5. The first-order valence-electron chi connectivity index (χ1n) is 5.53. The van der Waals surface area contributed by atoms with E-state index in [1.165, 1.54) is 43.2 Å². The Balaban J connectivity index is 2.18. The summed E-state index contributed by atoms with van der Waals surface area (Å²) in [6.45, 7) is 2.09. The van der Waals surface area contributed by atoms with E-state index in [0.29, 0.717) is 0 Å². The van der Waals surface area contributed by atoms with Gasteiger partial charge in [-0.25, -0.2) is 0 Å². The van der Waals surface area contributed by atoms with Gasteiger partial charge in [0.2, 0.25) is 0 Å².